The fraction of sp³-hybridized carbons (Fsp3) is 0.154. The first-order valence-electron chi connectivity index (χ1n) is 11.6. The number of halogens is 4. The van der Waals surface area contributed by atoms with Crippen LogP contribution in [0.2, 0.25) is 0 Å². The Hall–Kier alpha value is -5.34. The number of ether oxygens (including phenoxy) is 3. The summed E-state index contributed by atoms with van der Waals surface area (Å²) in [5.41, 5.74) is 9.62. The van der Waals surface area contributed by atoms with Gasteiger partial charge >= 0.3 is 12.3 Å². The summed E-state index contributed by atoms with van der Waals surface area (Å²) in [7, 11) is 0. The number of anilines is 1. The molecule has 0 saturated heterocycles. The predicted molar refractivity (Wildman–Crippen MR) is 139 cm³/mol. The van der Waals surface area contributed by atoms with Gasteiger partial charge in [-0.1, -0.05) is 0 Å². The summed E-state index contributed by atoms with van der Waals surface area (Å²) in [6.45, 7) is 1.17. The molecular weight excluding hydrogens is 554 g/mol. The van der Waals surface area contributed by atoms with Gasteiger partial charge in [-0.3, -0.25) is 14.9 Å². The lowest BCUT2D eigenvalue weighted by Gasteiger charge is -2.16. The van der Waals surface area contributed by atoms with E-state index in [1.807, 2.05) is 0 Å². The number of nitrogens with two attached hydrogens (primary N) is 2. The molecule has 0 bridgehead atoms. The Morgan fingerprint density at radius 1 is 0.976 bits per heavy atom. The highest BCUT2D eigenvalue weighted by atomic mass is 19.4. The van der Waals surface area contributed by atoms with Gasteiger partial charge in [0.2, 0.25) is 6.41 Å². The fourth-order valence-electron chi connectivity index (χ4n) is 3.34. The predicted octanol–water partition coefficient (Wildman–Crippen LogP) is 4.36. The Morgan fingerprint density at radius 2 is 1.71 bits per heavy atom. The van der Waals surface area contributed by atoms with Crippen molar-refractivity contribution in [3.8, 4) is 17.2 Å². The number of nitrogens with zero attached hydrogens (tertiary/aromatic N) is 1. The Morgan fingerprint density at radius 3 is 2.37 bits per heavy atom. The van der Waals surface area contributed by atoms with Gasteiger partial charge in [0.1, 0.15) is 42.0 Å². The van der Waals surface area contributed by atoms with Gasteiger partial charge in [-0.15, -0.1) is 0 Å². The van der Waals surface area contributed by atoms with Crippen molar-refractivity contribution in [3.63, 3.8) is 0 Å². The number of aliphatic imine (C=N–C) groups is 1. The van der Waals surface area contributed by atoms with E-state index in [2.05, 4.69) is 20.4 Å². The second-order valence-electron chi connectivity index (χ2n) is 8.13. The van der Waals surface area contributed by atoms with Gasteiger partial charge in [0.05, 0.1) is 11.1 Å². The molecule has 41 heavy (non-hydrogen) atoms. The molecule has 0 aliphatic carbocycles. The van der Waals surface area contributed by atoms with Crippen molar-refractivity contribution in [2.24, 2.45) is 16.5 Å². The van der Waals surface area contributed by atoms with Crippen LogP contribution in [0.4, 0.5) is 33.7 Å². The van der Waals surface area contributed by atoms with Gasteiger partial charge in [0.25, 0.3) is 5.91 Å². The topological polar surface area (TPSA) is 167 Å². The first-order valence-corrected chi connectivity index (χ1v) is 11.6. The average molecular weight is 577 g/mol. The van der Waals surface area contributed by atoms with Crippen LogP contribution in [0.25, 0.3) is 0 Å². The van der Waals surface area contributed by atoms with E-state index in [-0.39, 0.29) is 59.6 Å². The Labute approximate surface area is 230 Å². The number of nitrogens with one attached hydrogen (secondary N) is 2. The lowest BCUT2D eigenvalue weighted by atomic mass is 10.1. The molecule has 0 spiro atoms. The van der Waals surface area contributed by atoms with E-state index in [4.69, 9.17) is 20.9 Å². The highest BCUT2D eigenvalue weighted by Crippen LogP contribution is 2.37. The van der Waals surface area contributed by atoms with Gasteiger partial charge in [-0.2, -0.15) is 13.2 Å². The quantitative estimate of drug-likeness (QED) is 0.0913. The van der Waals surface area contributed by atoms with Crippen LogP contribution in [0.3, 0.4) is 0 Å². The van der Waals surface area contributed by atoms with E-state index in [1.165, 1.54) is 31.2 Å². The largest absolute Gasteiger partial charge is 0.488 e. The molecule has 0 saturated carbocycles. The molecule has 15 heteroatoms. The van der Waals surface area contributed by atoms with Gasteiger partial charge < -0.3 is 31.0 Å². The van der Waals surface area contributed by atoms with E-state index in [0.29, 0.717) is 12.1 Å². The molecule has 3 aromatic rings. The van der Waals surface area contributed by atoms with Crippen molar-refractivity contribution < 1.29 is 46.2 Å². The number of carbonyl (C=O) groups excluding carboxylic acids is 3. The van der Waals surface area contributed by atoms with Crippen molar-refractivity contribution in [2.75, 3.05) is 18.5 Å². The summed E-state index contributed by atoms with van der Waals surface area (Å²) in [5, 5.41) is 4.65. The number of rotatable bonds is 10. The van der Waals surface area contributed by atoms with Crippen LogP contribution in [-0.2, 0) is 15.7 Å². The van der Waals surface area contributed by atoms with E-state index < -0.39 is 35.3 Å². The molecule has 3 aromatic carbocycles. The third-order valence-electron chi connectivity index (χ3n) is 5.16. The molecule has 0 atom stereocenters. The molecule has 0 aromatic heterocycles. The van der Waals surface area contributed by atoms with Crippen molar-refractivity contribution in [3.05, 3.63) is 77.1 Å². The minimum Gasteiger partial charge on any atom is -0.488 e. The van der Waals surface area contributed by atoms with Crippen LogP contribution >= 0.6 is 0 Å². The van der Waals surface area contributed by atoms with Crippen molar-refractivity contribution in [1.82, 2.24) is 5.32 Å². The molecule has 3 amide bonds. The Balaban J connectivity index is 1.94. The van der Waals surface area contributed by atoms with E-state index >= 15 is 0 Å². The molecule has 6 N–H and O–H groups in total. The van der Waals surface area contributed by atoms with Gasteiger partial charge in [0, 0.05) is 5.69 Å². The van der Waals surface area contributed by atoms with E-state index in [1.54, 1.807) is 0 Å². The number of benzene rings is 3. The zero-order valence-corrected chi connectivity index (χ0v) is 21.3. The van der Waals surface area contributed by atoms with Crippen LogP contribution in [0.15, 0.2) is 59.6 Å². The summed E-state index contributed by atoms with van der Waals surface area (Å²) in [6.07, 6.45) is -5.46. The van der Waals surface area contributed by atoms with Crippen molar-refractivity contribution >= 4 is 35.7 Å². The number of hydrogen-bond acceptors (Lipinski definition) is 7. The highest BCUT2D eigenvalue weighted by Gasteiger charge is 2.32. The highest BCUT2D eigenvalue weighted by molar-refractivity contribution is 6.06. The van der Waals surface area contributed by atoms with E-state index in [9.17, 15) is 31.9 Å². The summed E-state index contributed by atoms with van der Waals surface area (Å²) in [5.74, 6) is -2.04. The SMILES string of the molecule is Cc1cc(F)ccc1Oc1cc(C(F)(F)F)ccc1C(=O)Nc1ccc(OCCOC(N)=O)c(N=C(N)NC=O)c1. The summed E-state index contributed by atoms with van der Waals surface area (Å²) in [4.78, 5) is 38.6. The molecular formula is C26H23F4N5O6. The Bertz CT molecular complexity index is 1480. The smallest absolute Gasteiger partial charge is 0.416 e. The minimum atomic E-state index is -4.73. The van der Waals surface area contributed by atoms with Crippen molar-refractivity contribution in [2.45, 2.75) is 13.1 Å². The first kappa shape index (κ1) is 30.2. The maximum absolute atomic E-state index is 13.5. The first-order chi connectivity index (χ1) is 19.4. The van der Waals surface area contributed by atoms with E-state index in [0.717, 1.165) is 18.2 Å². The van der Waals surface area contributed by atoms with Crippen LogP contribution in [-0.4, -0.2) is 37.6 Å². The summed E-state index contributed by atoms with van der Waals surface area (Å²) < 4.78 is 69.4. The van der Waals surface area contributed by atoms with Crippen LogP contribution in [0.5, 0.6) is 17.2 Å². The van der Waals surface area contributed by atoms with Crippen LogP contribution in [0, 0.1) is 12.7 Å². The molecule has 11 nitrogen and oxygen atoms in total. The Kier molecular flexibility index (Phi) is 9.68. The average Bonchev–Trinajstić information content (AvgIpc) is 2.88. The molecule has 216 valence electrons. The van der Waals surface area contributed by atoms with Gasteiger partial charge in [-0.05, 0) is 67.1 Å². The molecule has 0 aliphatic heterocycles. The minimum absolute atomic E-state index is 0.0274. The number of hydrogen-bond donors (Lipinski definition) is 4. The molecule has 0 radical (unpaired) electrons. The van der Waals surface area contributed by atoms with Crippen LogP contribution in [0.1, 0.15) is 21.5 Å². The fourth-order valence-corrected chi connectivity index (χ4v) is 3.34. The maximum Gasteiger partial charge on any atom is 0.416 e. The number of carbonyl (C=O) groups is 3. The van der Waals surface area contributed by atoms with Crippen LogP contribution < -0.4 is 31.6 Å². The zero-order valence-electron chi connectivity index (χ0n) is 21.3. The molecule has 0 unspecified atom stereocenters. The molecule has 0 heterocycles. The lowest BCUT2D eigenvalue weighted by Crippen LogP contribution is -2.29. The lowest BCUT2D eigenvalue weighted by molar-refractivity contribution is -0.137. The second kappa shape index (κ2) is 13.1. The van der Waals surface area contributed by atoms with Gasteiger partial charge in [-0.25, -0.2) is 14.2 Å². The number of alkyl halides is 3. The second-order valence-corrected chi connectivity index (χ2v) is 8.13. The monoisotopic (exact) mass is 577 g/mol. The molecule has 0 aliphatic rings. The third kappa shape index (κ3) is 8.58. The molecule has 3 rings (SSSR count). The third-order valence-corrected chi connectivity index (χ3v) is 5.16. The normalized spacial score (nSPS) is 11.4. The number of aryl methyl sites for hydroxylation is 1. The standard InChI is InChI=1S/C26H23F4N5O6/c1-14-10-16(27)3-6-20(14)41-22-11-15(26(28,29)30)2-5-18(22)23(37)34-17-4-7-21(39-8-9-40-25(32)38)19(12-17)35-24(31)33-13-36/h2-7,10-13H,8-9H2,1H3,(H2,32,38)(H,34,37)(H3,31,33,35,36). The number of guanidine groups is 1. The molecule has 0 fully saturated rings. The number of amides is 3. The number of primary amides is 1. The summed E-state index contributed by atoms with van der Waals surface area (Å²) in [6, 6.07) is 9.78. The zero-order chi connectivity index (χ0) is 30.2. The van der Waals surface area contributed by atoms with Gasteiger partial charge in [0.15, 0.2) is 5.96 Å². The summed E-state index contributed by atoms with van der Waals surface area (Å²) >= 11 is 0. The van der Waals surface area contributed by atoms with Crippen molar-refractivity contribution in [1.29, 1.82) is 0 Å². The maximum atomic E-state index is 13.5.